The minimum Gasteiger partial charge on any atom is -0.324 e. The van der Waals surface area contributed by atoms with Crippen LogP contribution in [0.3, 0.4) is 0 Å². The number of fused-ring (bicyclic) bond motifs is 1. The molecule has 4 aromatic rings. The Morgan fingerprint density at radius 2 is 1.59 bits per heavy atom. The molecule has 0 saturated carbocycles. The van der Waals surface area contributed by atoms with Crippen LogP contribution >= 0.6 is 0 Å². The summed E-state index contributed by atoms with van der Waals surface area (Å²) in [7, 11) is 0. The molecule has 0 saturated heterocycles. The van der Waals surface area contributed by atoms with Gasteiger partial charge in [-0.05, 0) is 41.5 Å². The molecule has 32 heavy (non-hydrogen) atoms. The number of nitrogens with one attached hydrogen (secondary N) is 1. The van der Waals surface area contributed by atoms with Gasteiger partial charge in [-0.15, -0.1) is 0 Å². The first-order valence-corrected chi connectivity index (χ1v) is 11.3. The molecule has 162 valence electrons. The fourth-order valence-electron chi connectivity index (χ4n) is 4.00. The SMILES string of the molecule is CCC(=O)Nc1cc2ccccc2nc1-c1ccc(C(C)(C)CCc2ccccc2)cc1. The van der Waals surface area contributed by atoms with Gasteiger partial charge in [0, 0.05) is 17.4 Å². The van der Waals surface area contributed by atoms with Crippen LogP contribution in [-0.4, -0.2) is 10.9 Å². The van der Waals surface area contributed by atoms with E-state index in [1.807, 2.05) is 37.3 Å². The molecule has 0 bridgehead atoms. The molecule has 0 atom stereocenters. The van der Waals surface area contributed by atoms with Crippen molar-refractivity contribution in [3.63, 3.8) is 0 Å². The van der Waals surface area contributed by atoms with E-state index in [0.29, 0.717) is 6.42 Å². The Morgan fingerprint density at radius 1 is 0.906 bits per heavy atom. The van der Waals surface area contributed by atoms with Crippen LogP contribution in [0, 0.1) is 0 Å². The summed E-state index contributed by atoms with van der Waals surface area (Å²) in [6, 6.07) is 29.3. The zero-order valence-corrected chi connectivity index (χ0v) is 19.1. The normalized spacial score (nSPS) is 11.5. The van der Waals surface area contributed by atoms with Gasteiger partial charge in [-0.1, -0.05) is 93.6 Å². The average Bonchev–Trinajstić information content (AvgIpc) is 2.83. The van der Waals surface area contributed by atoms with Crippen LogP contribution in [0.25, 0.3) is 22.2 Å². The number of rotatable bonds is 7. The number of amides is 1. The highest BCUT2D eigenvalue weighted by Crippen LogP contribution is 2.33. The molecular weight excluding hydrogens is 392 g/mol. The number of pyridine rings is 1. The predicted molar refractivity (Wildman–Crippen MR) is 134 cm³/mol. The zero-order valence-electron chi connectivity index (χ0n) is 19.1. The van der Waals surface area contributed by atoms with E-state index in [1.54, 1.807) is 0 Å². The van der Waals surface area contributed by atoms with Crippen LogP contribution in [0.15, 0.2) is 84.9 Å². The van der Waals surface area contributed by atoms with Crippen molar-refractivity contribution in [3.8, 4) is 11.3 Å². The van der Waals surface area contributed by atoms with Gasteiger partial charge in [0.1, 0.15) is 0 Å². The third-order valence-corrected chi connectivity index (χ3v) is 6.14. The minimum atomic E-state index is -0.0120. The van der Waals surface area contributed by atoms with Crippen LogP contribution in [0.2, 0.25) is 0 Å². The number of hydrogen-bond donors (Lipinski definition) is 1. The smallest absolute Gasteiger partial charge is 0.224 e. The van der Waals surface area contributed by atoms with E-state index in [-0.39, 0.29) is 11.3 Å². The number of para-hydroxylation sites is 1. The number of aryl methyl sites for hydroxylation is 1. The summed E-state index contributed by atoms with van der Waals surface area (Å²) in [5.74, 6) is -0.0120. The second-order valence-corrected chi connectivity index (χ2v) is 8.93. The molecule has 0 aliphatic rings. The van der Waals surface area contributed by atoms with Crippen molar-refractivity contribution in [1.82, 2.24) is 4.98 Å². The third kappa shape index (κ3) is 4.88. The summed E-state index contributed by atoms with van der Waals surface area (Å²) in [4.78, 5) is 17.0. The summed E-state index contributed by atoms with van der Waals surface area (Å²) in [6.07, 6.45) is 2.55. The molecule has 0 unspecified atom stereocenters. The van der Waals surface area contributed by atoms with Gasteiger partial charge in [-0.2, -0.15) is 0 Å². The number of aromatic nitrogens is 1. The first-order valence-electron chi connectivity index (χ1n) is 11.3. The molecule has 0 aliphatic heterocycles. The Labute approximate surface area is 190 Å². The highest BCUT2D eigenvalue weighted by atomic mass is 16.1. The van der Waals surface area contributed by atoms with Crippen molar-refractivity contribution in [2.75, 3.05) is 5.32 Å². The fraction of sp³-hybridized carbons (Fsp3) is 0.241. The Morgan fingerprint density at radius 3 is 2.31 bits per heavy atom. The number of carbonyl (C=O) groups is 1. The Bertz CT molecular complexity index is 1210. The van der Waals surface area contributed by atoms with Gasteiger partial charge in [-0.25, -0.2) is 4.98 Å². The van der Waals surface area contributed by atoms with Crippen molar-refractivity contribution in [2.24, 2.45) is 0 Å². The molecule has 3 aromatic carbocycles. The van der Waals surface area contributed by atoms with Gasteiger partial charge in [0.15, 0.2) is 0 Å². The van der Waals surface area contributed by atoms with Crippen LogP contribution in [0.1, 0.15) is 44.7 Å². The summed E-state index contributed by atoms with van der Waals surface area (Å²) in [6.45, 7) is 6.45. The van der Waals surface area contributed by atoms with Crippen molar-refractivity contribution in [2.45, 2.75) is 45.4 Å². The molecular formula is C29H30N2O. The summed E-state index contributed by atoms with van der Waals surface area (Å²) >= 11 is 0. The molecule has 0 spiro atoms. The summed E-state index contributed by atoms with van der Waals surface area (Å²) in [5, 5.41) is 4.05. The molecule has 4 rings (SSSR count). The van der Waals surface area contributed by atoms with Gasteiger partial charge in [0.2, 0.25) is 5.91 Å². The quantitative estimate of drug-likeness (QED) is 0.343. The lowest BCUT2D eigenvalue weighted by atomic mass is 9.79. The van der Waals surface area contributed by atoms with Crippen molar-refractivity contribution < 1.29 is 4.79 Å². The first-order chi connectivity index (χ1) is 15.5. The predicted octanol–water partition coefficient (Wildman–Crippen LogP) is 7.16. The van der Waals surface area contributed by atoms with Crippen LogP contribution < -0.4 is 5.32 Å². The van der Waals surface area contributed by atoms with Gasteiger partial charge in [0.25, 0.3) is 0 Å². The standard InChI is InChI=1S/C29H30N2O/c1-4-27(32)30-26-20-23-12-8-9-13-25(23)31-28(26)22-14-16-24(17-15-22)29(2,3)19-18-21-10-6-5-7-11-21/h5-17,20H,4,18-19H2,1-3H3,(H,30,32). The van der Waals surface area contributed by atoms with Crippen LogP contribution in [-0.2, 0) is 16.6 Å². The number of nitrogens with zero attached hydrogens (tertiary/aromatic N) is 1. The maximum absolute atomic E-state index is 12.1. The van der Waals surface area contributed by atoms with E-state index in [4.69, 9.17) is 4.98 Å². The zero-order chi connectivity index (χ0) is 22.6. The maximum Gasteiger partial charge on any atom is 0.224 e. The van der Waals surface area contributed by atoms with Crippen molar-refractivity contribution in [3.05, 3.63) is 96.1 Å². The monoisotopic (exact) mass is 422 g/mol. The summed E-state index contributed by atoms with van der Waals surface area (Å²) < 4.78 is 0. The van der Waals surface area contributed by atoms with Gasteiger partial charge < -0.3 is 5.32 Å². The summed E-state index contributed by atoms with van der Waals surface area (Å²) in [5.41, 5.74) is 6.22. The topological polar surface area (TPSA) is 42.0 Å². The second kappa shape index (κ2) is 9.35. The van der Waals surface area contributed by atoms with Gasteiger partial charge in [0.05, 0.1) is 16.9 Å². The Balaban J connectivity index is 1.63. The van der Waals surface area contributed by atoms with Crippen LogP contribution in [0.5, 0.6) is 0 Å². The first kappa shape index (κ1) is 21.8. The lowest BCUT2D eigenvalue weighted by molar-refractivity contribution is -0.115. The number of anilines is 1. The molecule has 0 radical (unpaired) electrons. The van der Waals surface area contributed by atoms with E-state index in [2.05, 4.69) is 73.8 Å². The average molecular weight is 423 g/mol. The molecule has 0 aliphatic carbocycles. The van der Waals surface area contributed by atoms with Gasteiger partial charge >= 0.3 is 0 Å². The van der Waals surface area contributed by atoms with Crippen LogP contribution in [0.4, 0.5) is 5.69 Å². The highest BCUT2D eigenvalue weighted by Gasteiger charge is 2.21. The number of carbonyl (C=O) groups excluding carboxylic acids is 1. The number of hydrogen-bond acceptors (Lipinski definition) is 2. The lowest BCUT2D eigenvalue weighted by Crippen LogP contribution is -2.18. The van der Waals surface area contributed by atoms with E-state index in [0.717, 1.165) is 40.7 Å². The maximum atomic E-state index is 12.1. The molecule has 3 heteroatoms. The van der Waals surface area contributed by atoms with E-state index < -0.39 is 0 Å². The lowest BCUT2D eigenvalue weighted by Gasteiger charge is -2.26. The van der Waals surface area contributed by atoms with E-state index in [1.165, 1.54) is 11.1 Å². The molecule has 1 aromatic heterocycles. The van der Waals surface area contributed by atoms with E-state index in [9.17, 15) is 4.79 Å². The highest BCUT2D eigenvalue weighted by molar-refractivity contribution is 5.98. The Kier molecular flexibility index (Phi) is 6.36. The van der Waals surface area contributed by atoms with Crippen molar-refractivity contribution >= 4 is 22.5 Å². The minimum absolute atomic E-state index is 0.0120. The van der Waals surface area contributed by atoms with E-state index >= 15 is 0 Å². The Hall–Kier alpha value is -3.46. The molecule has 3 nitrogen and oxygen atoms in total. The largest absolute Gasteiger partial charge is 0.324 e. The third-order valence-electron chi connectivity index (χ3n) is 6.14. The van der Waals surface area contributed by atoms with Gasteiger partial charge in [-0.3, -0.25) is 4.79 Å². The second-order valence-electron chi connectivity index (χ2n) is 8.93. The molecule has 0 fully saturated rings. The fourth-order valence-corrected chi connectivity index (χ4v) is 4.00. The molecule has 1 N–H and O–H groups in total. The number of benzene rings is 3. The molecule has 1 amide bonds. The van der Waals surface area contributed by atoms with Crippen molar-refractivity contribution in [1.29, 1.82) is 0 Å². The molecule has 1 heterocycles.